The van der Waals surface area contributed by atoms with Crippen LogP contribution >= 0.6 is 11.8 Å². The Hall–Kier alpha value is -3.86. The first-order valence-electron chi connectivity index (χ1n) is 12.1. The van der Waals surface area contributed by atoms with Gasteiger partial charge in [-0.05, 0) is 66.6 Å². The molecule has 4 rings (SSSR count). The summed E-state index contributed by atoms with van der Waals surface area (Å²) in [6.45, 7) is 2.56. The van der Waals surface area contributed by atoms with E-state index in [1.54, 1.807) is 24.3 Å². The van der Waals surface area contributed by atoms with E-state index in [1.807, 2.05) is 6.92 Å². The minimum Gasteiger partial charge on any atom is -0.494 e. The Labute approximate surface area is 227 Å². The van der Waals surface area contributed by atoms with Gasteiger partial charge in [-0.15, -0.1) is 0 Å². The molecule has 11 heteroatoms. The largest absolute Gasteiger partial charge is 0.494 e. The van der Waals surface area contributed by atoms with Gasteiger partial charge in [0.25, 0.3) is 0 Å². The van der Waals surface area contributed by atoms with Gasteiger partial charge in [0, 0.05) is 12.1 Å². The summed E-state index contributed by atoms with van der Waals surface area (Å²) >= 11 is 0.979. The Balaban J connectivity index is 1.58. The average Bonchev–Trinajstić information content (AvgIpc) is 2.91. The smallest absolute Gasteiger partial charge is 0.416 e. The van der Waals surface area contributed by atoms with Crippen molar-refractivity contribution in [3.05, 3.63) is 89.7 Å². The zero-order chi connectivity index (χ0) is 28.0. The second-order valence-corrected chi connectivity index (χ2v) is 9.89. The minimum atomic E-state index is -4.57. The number of amides is 2. The van der Waals surface area contributed by atoms with Gasteiger partial charge in [-0.25, -0.2) is 9.38 Å². The molecule has 0 bridgehead atoms. The van der Waals surface area contributed by atoms with E-state index < -0.39 is 34.6 Å². The summed E-state index contributed by atoms with van der Waals surface area (Å²) in [5, 5.41) is 1.96. The monoisotopic (exact) mass is 559 g/mol. The molecule has 0 aliphatic carbocycles. The van der Waals surface area contributed by atoms with Crippen LogP contribution in [0, 0.1) is 5.82 Å². The molecule has 0 radical (unpaired) electrons. The van der Waals surface area contributed by atoms with E-state index in [0.29, 0.717) is 23.6 Å². The number of hydrogen-bond acceptors (Lipinski definition) is 5. The molecule has 2 amide bonds. The first-order valence-corrected chi connectivity index (χ1v) is 13.0. The number of ether oxygens (including phenoxy) is 1. The third-order valence-corrected chi connectivity index (χ3v) is 6.87. The molecule has 1 unspecified atom stereocenters. The van der Waals surface area contributed by atoms with Crippen molar-refractivity contribution in [2.45, 2.75) is 37.7 Å². The number of hydrogen-bond donors (Lipinski definition) is 1. The number of carbonyl (C=O) groups excluding carboxylic acids is 2. The number of benzene rings is 3. The minimum absolute atomic E-state index is 0.0114. The van der Waals surface area contributed by atoms with E-state index in [4.69, 9.17) is 4.74 Å². The topological polar surface area (TPSA) is 71.0 Å². The van der Waals surface area contributed by atoms with Crippen molar-refractivity contribution >= 4 is 40.1 Å². The first-order chi connectivity index (χ1) is 18.6. The molecular weight excluding hydrogens is 534 g/mol. The number of nitrogens with one attached hydrogen (secondary N) is 1. The number of amidine groups is 1. The zero-order valence-electron chi connectivity index (χ0n) is 20.9. The van der Waals surface area contributed by atoms with Crippen LogP contribution < -0.4 is 10.1 Å². The van der Waals surface area contributed by atoms with E-state index in [2.05, 4.69) is 10.3 Å². The highest BCUT2D eigenvalue weighted by atomic mass is 32.2. The molecule has 0 spiro atoms. The molecule has 1 fully saturated rings. The molecule has 3 aromatic rings. The highest BCUT2D eigenvalue weighted by Gasteiger charge is 2.36. The van der Waals surface area contributed by atoms with Crippen LogP contribution in [0.1, 0.15) is 30.9 Å². The SMILES string of the molecule is CCCOc1ccc(NC(=O)C2CC(=O)N(Cc3ccc(F)cc3)C(=Nc3cccc(C(F)(F)F)c3)S2)cc1. The fraction of sp³-hybridized carbons (Fsp3) is 0.250. The van der Waals surface area contributed by atoms with Crippen molar-refractivity contribution in [3.63, 3.8) is 0 Å². The summed E-state index contributed by atoms with van der Waals surface area (Å²) in [5.41, 5.74) is 0.188. The third kappa shape index (κ3) is 7.60. The lowest BCUT2D eigenvalue weighted by atomic mass is 10.2. The first kappa shape index (κ1) is 28.2. The van der Waals surface area contributed by atoms with E-state index >= 15 is 0 Å². The molecular formula is C28H25F4N3O3S. The molecule has 204 valence electrons. The van der Waals surface area contributed by atoms with Gasteiger partial charge in [0.15, 0.2) is 5.17 Å². The molecule has 6 nitrogen and oxygen atoms in total. The number of thioether (sulfide) groups is 1. The number of rotatable bonds is 8. The van der Waals surface area contributed by atoms with E-state index in [1.165, 1.54) is 41.3 Å². The lowest BCUT2D eigenvalue weighted by Gasteiger charge is -2.32. The van der Waals surface area contributed by atoms with E-state index in [-0.39, 0.29) is 23.8 Å². The predicted octanol–water partition coefficient (Wildman–Crippen LogP) is 6.79. The number of aliphatic imine (C=N–C) groups is 1. The summed E-state index contributed by atoms with van der Waals surface area (Å²) < 4.78 is 58.7. The maximum atomic E-state index is 13.4. The van der Waals surface area contributed by atoms with Crippen molar-refractivity contribution in [1.29, 1.82) is 0 Å². The number of anilines is 1. The van der Waals surface area contributed by atoms with Crippen LogP contribution in [0.25, 0.3) is 0 Å². The van der Waals surface area contributed by atoms with Gasteiger partial charge >= 0.3 is 6.18 Å². The van der Waals surface area contributed by atoms with Crippen LogP contribution in [-0.4, -0.2) is 33.7 Å². The second-order valence-electron chi connectivity index (χ2n) is 8.72. The van der Waals surface area contributed by atoms with Crippen molar-refractivity contribution in [2.24, 2.45) is 4.99 Å². The molecule has 1 aliphatic rings. The summed E-state index contributed by atoms with van der Waals surface area (Å²) in [6.07, 6.45) is -3.87. The Kier molecular flexibility index (Phi) is 8.90. The van der Waals surface area contributed by atoms with E-state index in [9.17, 15) is 27.2 Å². The predicted molar refractivity (Wildman–Crippen MR) is 142 cm³/mol. The Morgan fingerprint density at radius 3 is 2.49 bits per heavy atom. The normalized spacial score (nSPS) is 16.8. The van der Waals surface area contributed by atoms with Gasteiger partial charge < -0.3 is 10.1 Å². The van der Waals surface area contributed by atoms with Gasteiger partial charge in [0.05, 0.1) is 24.4 Å². The molecule has 1 saturated heterocycles. The summed E-state index contributed by atoms with van der Waals surface area (Å²) in [6, 6.07) is 16.7. The lowest BCUT2D eigenvalue weighted by molar-refractivity contribution is -0.137. The Morgan fingerprint density at radius 2 is 1.82 bits per heavy atom. The lowest BCUT2D eigenvalue weighted by Crippen LogP contribution is -2.44. The molecule has 1 heterocycles. The molecule has 1 atom stereocenters. The van der Waals surface area contributed by atoms with Gasteiger partial charge in [0.2, 0.25) is 11.8 Å². The van der Waals surface area contributed by atoms with Crippen LogP contribution in [0.15, 0.2) is 77.8 Å². The van der Waals surface area contributed by atoms with Crippen molar-refractivity contribution in [3.8, 4) is 5.75 Å². The number of alkyl halides is 3. The number of nitrogens with zero attached hydrogens (tertiary/aromatic N) is 2. The van der Waals surface area contributed by atoms with Gasteiger partial charge in [-0.3, -0.25) is 14.5 Å². The zero-order valence-corrected chi connectivity index (χ0v) is 21.7. The Bertz CT molecular complexity index is 1350. The standard InChI is InChI=1S/C28H25F4N3O3S/c1-2-14-38-23-12-10-21(11-13-23)33-26(37)24-16-25(36)35(17-18-6-8-20(29)9-7-18)27(39-24)34-22-5-3-4-19(15-22)28(30,31)32/h3-13,15,24H,2,14,16-17H2,1H3,(H,33,37). The summed E-state index contributed by atoms with van der Waals surface area (Å²) in [4.78, 5) is 31.9. The highest BCUT2D eigenvalue weighted by molar-refractivity contribution is 8.15. The van der Waals surface area contributed by atoms with Gasteiger partial charge in [0.1, 0.15) is 16.8 Å². The van der Waals surface area contributed by atoms with Crippen molar-refractivity contribution in [2.75, 3.05) is 11.9 Å². The molecule has 39 heavy (non-hydrogen) atoms. The average molecular weight is 560 g/mol. The highest BCUT2D eigenvalue weighted by Crippen LogP contribution is 2.34. The second kappa shape index (κ2) is 12.3. The molecule has 3 aromatic carbocycles. The van der Waals surface area contributed by atoms with Crippen LogP contribution in [0.3, 0.4) is 0 Å². The molecule has 0 saturated carbocycles. The summed E-state index contributed by atoms with van der Waals surface area (Å²) in [5.74, 6) is -0.678. The quantitative estimate of drug-likeness (QED) is 0.309. The van der Waals surface area contributed by atoms with Crippen LogP contribution in [-0.2, 0) is 22.3 Å². The van der Waals surface area contributed by atoms with Crippen molar-refractivity contribution < 1.29 is 31.9 Å². The maximum Gasteiger partial charge on any atom is 0.416 e. The summed E-state index contributed by atoms with van der Waals surface area (Å²) in [7, 11) is 0. The maximum absolute atomic E-state index is 13.4. The fourth-order valence-corrected chi connectivity index (χ4v) is 4.81. The van der Waals surface area contributed by atoms with Gasteiger partial charge in [-0.1, -0.05) is 36.9 Å². The molecule has 1 N–H and O–H groups in total. The van der Waals surface area contributed by atoms with Crippen molar-refractivity contribution in [1.82, 2.24) is 4.90 Å². The van der Waals surface area contributed by atoms with Crippen LogP contribution in [0.4, 0.5) is 28.9 Å². The van der Waals surface area contributed by atoms with Crippen LogP contribution in [0.2, 0.25) is 0 Å². The molecule has 1 aliphatic heterocycles. The number of halogens is 4. The molecule has 0 aromatic heterocycles. The van der Waals surface area contributed by atoms with Gasteiger partial charge in [-0.2, -0.15) is 13.2 Å². The van der Waals surface area contributed by atoms with E-state index in [0.717, 1.165) is 30.3 Å². The Morgan fingerprint density at radius 1 is 1.10 bits per heavy atom. The number of carbonyl (C=O) groups is 2. The van der Waals surface area contributed by atoms with Crippen LogP contribution in [0.5, 0.6) is 5.75 Å². The third-order valence-electron chi connectivity index (χ3n) is 5.68. The fourth-order valence-electron chi connectivity index (χ4n) is 3.71.